The lowest BCUT2D eigenvalue weighted by Gasteiger charge is -2.22. The highest BCUT2D eigenvalue weighted by atomic mass is 35.5. The smallest absolute Gasteiger partial charge is 0.305 e. The first kappa shape index (κ1) is 17.7. The summed E-state index contributed by atoms with van der Waals surface area (Å²) in [6, 6.07) is 4.34. The number of hydrogen-bond acceptors (Lipinski definition) is 3. The Bertz CT molecular complexity index is 723. The summed E-state index contributed by atoms with van der Waals surface area (Å²) >= 11 is 7.55. The SMILES string of the molecule is CCN(C(=O)C(F)(F)F)c1ccc(Cl)c(-c2nc(C)c(C)s2)c1. The van der Waals surface area contributed by atoms with Crippen LogP contribution in [0, 0.1) is 13.8 Å². The van der Waals surface area contributed by atoms with Gasteiger partial charge in [-0.05, 0) is 39.0 Å². The summed E-state index contributed by atoms with van der Waals surface area (Å²) in [6.45, 7) is 5.13. The predicted octanol–water partition coefficient (Wildman–Crippen LogP) is 5.00. The van der Waals surface area contributed by atoms with Gasteiger partial charge in [-0.3, -0.25) is 4.79 Å². The number of halogens is 4. The summed E-state index contributed by atoms with van der Waals surface area (Å²) in [4.78, 5) is 17.6. The molecule has 8 heteroatoms. The molecule has 1 heterocycles. The third kappa shape index (κ3) is 3.67. The normalized spacial score (nSPS) is 11.6. The number of aromatic nitrogens is 1. The van der Waals surface area contributed by atoms with Crippen LogP contribution in [0.3, 0.4) is 0 Å². The fourth-order valence-electron chi connectivity index (χ4n) is 2.03. The van der Waals surface area contributed by atoms with Crippen molar-refractivity contribution in [1.29, 1.82) is 0 Å². The number of rotatable bonds is 3. The van der Waals surface area contributed by atoms with E-state index in [1.165, 1.54) is 36.5 Å². The fraction of sp³-hybridized carbons (Fsp3) is 0.333. The van der Waals surface area contributed by atoms with E-state index in [-0.39, 0.29) is 12.2 Å². The van der Waals surface area contributed by atoms with Crippen LogP contribution >= 0.6 is 22.9 Å². The Morgan fingerprint density at radius 2 is 2.00 bits per heavy atom. The second-order valence-electron chi connectivity index (χ2n) is 4.87. The maximum Gasteiger partial charge on any atom is 0.471 e. The van der Waals surface area contributed by atoms with Crippen molar-refractivity contribution in [2.24, 2.45) is 0 Å². The number of nitrogens with zero attached hydrogens (tertiary/aromatic N) is 2. The Kier molecular flexibility index (Phi) is 5.01. The first-order valence-electron chi connectivity index (χ1n) is 6.77. The van der Waals surface area contributed by atoms with Crippen LogP contribution in [0.4, 0.5) is 18.9 Å². The van der Waals surface area contributed by atoms with Crippen LogP contribution in [-0.2, 0) is 4.79 Å². The molecule has 0 unspecified atom stereocenters. The minimum atomic E-state index is -4.93. The van der Waals surface area contributed by atoms with Crippen molar-refractivity contribution in [3.63, 3.8) is 0 Å². The largest absolute Gasteiger partial charge is 0.471 e. The third-order valence-corrected chi connectivity index (χ3v) is 4.76. The van der Waals surface area contributed by atoms with E-state index in [2.05, 4.69) is 4.98 Å². The van der Waals surface area contributed by atoms with E-state index >= 15 is 0 Å². The van der Waals surface area contributed by atoms with E-state index in [0.717, 1.165) is 10.6 Å². The van der Waals surface area contributed by atoms with Crippen molar-refractivity contribution < 1.29 is 18.0 Å². The number of anilines is 1. The van der Waals surface area contributed by atoms with Crippen LogP contribution in [0.25, 0.3) is 10.6 Å². The molecule has 0 saturated heterocycles. The molecule has 0 spiro atoms. The molecule has 0 atom stereocenters. The summed E-state index contributed by atoms with van der Waals surface area (Å²) < 4.78 is 38.1. The van der Waals surface area contributed by atoms with Crippen molar-refractivity contribution in [3.05, 3.63) is 33.8 Å². The fourth-order valence-corrected chi connectivity index (χ4v) is 3.24. The molecule has 2 aromatic rings. The second kappa shape index (κ2) is 6.49. The lowest BCUT2D eigenvalue weighted by atomic mass is 10.2. The highest BCUT2D eigenvalue weighted by Gasteiger charge is 2.42. The number of benzene rings is 1. The summed E-state index contributed by atoms with van der Waals surface area (Å²) in [6.07, 6.45) is -4.93. The molecule has 1 aromatic carbocycles. The summed E-state index contributed by atoms with van der Waals surface area (Å²) in [5.41, 5.74) is 1.49. The molecule has 0 N–H and O–H groups in total. The standard InChI is InChI=1S/C15H14ClF3N2OS/c1-4-21(14(22)15(17,18)19)10-5-6-12(16)11(7-10)13-20-8(2)9(3)23-13/h5-7H,4H2,1-3H3. The van der Waals surface area contributed by atoms with Crippen LogP contribution in [0.1, 0.15) is 17.5 Å². The average molecular weight is 363 g/mol. The van der Waals surface area contributed by atoms with E-state index in [4.69, 9.17) is 11.6 Å². The average Bonchev–Trinajstić information content (AvgIpc) is 2.79. The summed E-state index contributed by atoms with van der Waals surface area (Å²) in [5, 5.41) is 0.986. The molecule has 0 fully saturated rings. The van der Waals surface area contributed by atoms with Gasteiger partial charge in [0, 0.05) is 22.7 Å². The molecular weight excluding hydrogens is 349 g/mol. The molecule has 2 rings (SSSR count). The zero-order valence-corrected chi connectivity index (χ0v) is 14.2. The molecule has 0 saturated carbocycles. The summed E-state index contributed by atoms with van der Waals surface area (Å²) in [5.74, 6) is -1.90. The molecule has 0 aliphatic carbocycles. The van der Waals surface area contributed by atoms with Gasteiger partial charge in [0.15, 0.2) is 0 Å². The number of carbonyl (C=O) groups excluding carboxylic acids is 1. The zero-order chi connectivity index (χ0) is 17.4. The molecular formula is C15H14ClF3N2OS. The Morgan fingerprint density at radius 1 is 1.35 bits per heavy atom. The molecule has 0 radical (unpaired) electrons. The molecule has 0 aliphatic heterocycles. The molecule has 0 aliphatic rings. The van der Waals surface area contributed by atoms with E-state index in [0.29, 0.717) is 20.5 Å². The Morgan fingerprint density at radius 3 is 2.48 bits per heavy atom. The molecule has 124 valence electrons. The monoisotopic (exact) mass is 362 g/mol. The van der Waals surface area contributed by atoms with Crippen molar-refractivity contribution in [2.45, 2.75) is 26.9 Å². The van der Waals surface area contributed by atoms with Crippen LogP contribution in [0.15, 0.2) is 18.2 Å². The molecule has 23 heavy (non-hydrogen) atoms. The zero-order valence-electron chi connectivity index (χ0n) is 12.7. The first-order chi connectivity index (χ1) is 10.6. The third-order valence-electron chi connectivity index (χ3n) is 3.32. The van der Waals surface area contributed by atoms with Gasteiger partial charge in [0.2, 0.25) is 0 Å². The summed E-state index contributed by atoms with van der Waals surface area (Å²) in [7, 11) is 0. The second-order valence-corrected chi connectivity index (χ2v) is 6.48. The molecule has 1 aromatic heterocycles. The van der Waals surface area contributed by atoms with E-state index in [1.807, 2.05) is 13.8 Å². The highest BCUT2D eigenvalue weighted by molar-refractivity contribution is 7.15. The van der Waals surface area contributed by atoms with Gasteiger partial charge in [0.1, 0.15) is 5.01 Å². The van der Waals surface area contributed by atoms with Crippen LogP contribution in [-0.4, -0.2) is 23.6 Å². The van der Waals surface area contributed by atoms with Crippen LogP contribution in [0.2, 0.25) is 5.02 Å². The number of alkyl halides is 3. The van der Waals surface area contributed by atoms with Crippen LogP contribution in [0.5, 0.6) is 0 Å². The number of carbonyl (C=O) groups is 1. The minimum Gasteiger partial charge on any atom is -0.305 e. The van der Waals surface area contributed by atoms with Gasteiger partial charge in [-0.1, -0.05) is 11.6 Å². The quantitative estimate of drug-likeness (QED) is 0.770. The van der Waals surface area contributed by atoms with Gasteiger partial charge in [0.05, 0.1) is 10.7 Å². The number of thiazole rings is 1. The topological polar surface area (TPSA) is 33.2 Å². The van der Waals surface area contributed by atoms with Crippen LogP contribution < -0.4 is 4.90 Å². The van der Waals surface area contributed by atoms with E-state index in [9.17, 15) is 18.0 Å². The van der Waals surface area contributed by atoms with Gasteiger partial charge in [0.25, 0.3) is 0 Å². The van der Waals surface area contributed by atoms with Gasteiger partial charge in [-0.15, -0.1) is 11.3 Å². The van der Waals surface area contributed by atoms with Crippen molar-refractivity contribution in [1.82, 2.24) is 4.98 Å². The highest BCUT2D eigenvalue weighted by Crippen LogP contribution is 2.36. The Hall–Kier alpha value is -1.60. The lowest BCUT2D eigenvalue weighted by molar-refractivity contribution is -0.170. The van der Waals surface area contributed by atoms with Crippen molar-refractivity contribution in [3.8, 4) is 10.6 Å². The number of hydrogen-bond donors (Lipinski definition) is 0. The maximum atomic E-state index is 12.7. The lowest BCUT2D eigenvalue weighted by Crippen LogP contribution is -2.41. The molecule has 1 amide bonds. The number of amides is 1. The molecule has 3 nitrogen and oxygen atoms in total. The van der Waals surface area contributed by atoms with Gasteiger partial charge in [-0.2, -0.15) is 13.2 Å². The van der Waals surface area contributed by atoms with Crippen molar-refractivity contribution >= 4 is 34.5 Å². The predicted molar refractivity (Wildman–Crippen MR) is 86.1 cm³/mol. The van der Waals surface area contributed by atoms with Crippen molar-refractivity contribution in [2.75, 3.05) is 11.4 Å². The van der Waals surface area contributed by atoms with Gasteiger partial charge < -0.3 is 4.90 Å². The first-order valence-corrected chi connectivity index (χ1v) is 7.97. The van der Waals surface area contributed by atoms with Gasteiger partial charge >= 0.3 is 12.1 Å². The molecule has 0 bridgehead atoms. The Balaban J connectivity index is 2.49. The Labute approximate surface area is 140 Å². The van der Waals surface area contributed by atoms with Gasteiger partial charge in [-0.25, -0.2) is 4.98 Å². The number of aryl methyl sites for hydroxylation is 2. The maximum absolute atomic E-state index is 12.7. The minimum absolute atomic E-state index is 0.102. The van der Waals surface area contributed by atoms with E-state index in [1.54, 1.807) is 0 Å². The van der Waals surface area contributed by atoms with E-state index < -0.39 is 12.1 Å².